The average Bonchev–Trinajstić information content (AvgIpc) is 3.29. The highest BCUT2D eigenvalue weighted by Gasteiger charge is 2.24. The molecule has 7 heteroatoms. The van der Waals surface area contributed by atoms with Gasteiger partial charge in [-0.3, -0.25) is 0 Å². The van der Waals surface area contributed by atoms with Gasteiger partial charge in [0.15, 0.2) is 0 Å². The predicted molar refractivity (Wildman–Crippen MR) is 85.8 cm³/mol. The lowest BCUT2D eigenvalue weighted by molar-refractivity contribution is 0.122. The maximum atomic E-state index is 5.45. The molecule has 0 spiro atoms. The van der Waals surface area contributed by atoms with Crippen LogP contribution in [0.3, 0.4) is 0 Å². The number of morpholine rings is 1. The van der Waals surface area contributed by atoms with Crippen LogP contribution in [0.1, 0.15) is 25.7 Å². The predicted octanol–water partition coefficient (Wildman–Crippen LogP) is 0.909. The number of nitrogens with zero attached hydrogens (tertiary/aromatic N) is 6. The van der Waals surface area contributed by atoms with E-state index in [0.29, 0.717) is 0 Å². The van der Waals surface area contributed by atoms with Crippen LogP contribution in [-0.4, -0.2) is 67.4 Å². The van der Waals surface area contributed by atoms with Crippen molar-refractivity contribution in [3.8, 4) is 0 Å². The maximum absolute atomic E-state index is 5.45. The second kappa shape index (κ2) is 6.24. The molecule has 0 aromatic carbocycles. The Hall–Kier alpha value is -1.63. The molecule has 3 aliphatic heterocycles. The summed E-state index contributed by atoms with van der Waals surface area (Å²) in [5.74, 6) is 2.54. The average molecular weight is 304 g/mol. The highest BCUT2D eigenvalue weighted by molar-refractivity contribution is 5.47. The van der Waals surface area contributed by atoms with Crippen molar-refractivity contribution in [3.63, 3.8) is 0 Å². The van der Waals surface area contributed by atoms with Crippen LogP contribution in [0.2, 0.25) is 0 Å². The van der Waals surface area contributed by atoms with Crippen molar-refractivity contribution < 1.29 is 4.74 Å². The Bertz CT molecular complexity index is 473. The third kappa shape index (κ3) is 2.82. The summed E-state index contributed by atoms with van der Waals surface area (Å²) in [5, 5.41) is 0. The summed E-state index contributed by atoms with van der Waals surface area (Å²) >= 11 is 0. The standard InChI is InChI=1S/C15H24N6O/c1-2-6-19(5-1)13-16-14(20-7-3-4-8-20)18-15(17-13)21-9-11-22-12-10-21/h1-12H2. The van der Waals surface area contributed by atoms with E-state index in [1.165, 1.54) is 25.7 Å². The summed E-state index contributed by atoms with van der Waals surface area (Å²) in [4.78, 5) is 21.1. The Labute approximate surface area is 131 Å². The number of rotatable bonds is 3. The SMILES string of the molecule is C1CCN(c2nc(N3CCCC3)nc(N3CCOCC3)n2)C1. The largest absolute Gasteiger partial charge is 0.378 e. The van der Waals surface area contributed by atoms with E-state index < -0.39 is 0 Å². The first kappa shape index (κ1) is 14.0. The zero-order valence-electron chi connectivity index (χ0n) is 13.1. The molecule has 7 nitrogen and oxygen atoms in total. The van der Waals surface area contributed by atoms with Crippen molar-refractivity contribution in [1.82, 2.24) is 15.0 Å². The minimum Gasteiger partial charge on any atom is -0.378 e. The lowest BCUT2D eigenvalue weighted by Crippen LogP contribution is -2.38. The first-order valence-corrected chi connectivity index (χ1v) is 8.49. The molecule has 0 unspecified atom stereocenters. The van der Waals surface area contributed by atoms with Crippen molar-refractivity contribution in [2.45, 2.75) is 25.7 Å². The molecule has 0 atom stereocenters. The van der Waals surface area contributed by atoms with E-state index in [-0.39, 0.29) is 0 Å². The van der Waals surface area contributed by atoms with Gasteiger partial charge in [0.25, 0.3) is 0 Å². The van der Waals surface area contributed by atoms with E-state index in [1.54, 1.807) is 0 Å². The smallest absolute Gasteiger partial charge is 0.232 e. The highest BCUT2D eigenvalue weighted by atomic mass is 16.5. The molecule has 1 aromatic rings. The molecule has 22 heavy (non-hydrogen) atoms. The van der Waals surface area contributed by atoms with Crippen LogP contribution < -0.4 is 14.7 Å². The summed E-state index contributed by atoms with van der Waals surface area (Å²) in [5.41, 5.74) is 0. The van der Waals surface area contributed by atoms with E-state index in [4.69, 9.17) is 19.7 Å². The molecule has 0 aliphatic carbocycles. The fraction of sp³-hybridized carbons (Fsp3) is 0.800. The molecule has 3 aliphatic rings. The Balaban J connectivity index is 1.65. The molecule has 0 bridgehead atoms. The maximum Gasteiger partial charge on any atom is 0.232 e. The molecule has 0 N–H and O–H groups in total. The normalized spacial score (nSPS) is 22.6. The Morgan fingerprint density at radius 1 is 0.545 bits per heavy atom. The molecule has 0 amide bonds. The summed E-state index contributed by atoms with van der Waals surface area (Å²) < 4.78 is 5.45. The number of hydrogen-bond donors (Lipinski definition) is 0. The molecule has 3 saturated heterocycles. The lowest BCUT2D eigenvalue weighted by Gasteiger charge is -2.28. The van der Waals surface area contributed by atoms with Crippen LogP contribution in [0.25, 0.3) is 0 Å². The molecule has 120 valence electrons. The second-order valence-corrected chi connectivity index (χ2v) is 6.22. The summed E-state index contributed by atoms with van der Waals surface area (Å²) in [6.45, 7) is 7.48. The van der Waals surface area contributed by atoms with Gasteiger partial charge in [-0.2, -0.15) is 15.0 Å². The molecule has 1 aromatic heterocycles. The monoisotopic (exact) mass is 304 g/mol. The molecule has 4 rings (SSSR count). The van der Waals surface area contributed by atoms with Gasteiger partial charge in [-0.1, -0.05) is 0 Å². The summed E-state index contributed by atoms with van der Waals surface area (Å²) in [6, 6.07) is 0. The van der Waals surface area contributed by atoms with E-state index in [9.17, 15) is 0 Å². The van der Waals surface area contributed by atoms with Crippen molar-refractivity contribution in [2.75, 3.05) is 67.2 Å². The summed E-state index contributed by atoms with van der Waals surface area (Å²) in [6.07, 6.45) is 4.93. The van der Waals surface area contributed by atoms with Gasteiger partial charge in [-0.15, -0.1) is 0 Å². The van der Waals surface area contributed by atoms with Gasteiger partial charge in [-0.05, 0) is 25.7 Å². The Morgan fingerprint density at radius 3 is 1.32 bits per heavy atom. The van der Waals surface area contributed by atoms with Crippen LogP contribution in [0, 0.1) is 0 Å². The Kier molecular flexibility index (Phi) is 3.97. The topological polar surface area (TPSA) is 57.6 Å². The van der Waals surface area contributed by atoms with E-state index in [0.717, 1.165) is 70.3 Å². The van der Waals surface area contributed by atoms with Crippen molar-refractivity contribution in [3.05, 3.63) is 0 Å². The first-order valence-electron chi connectivity index (χ1n) is 8.49. The number of ether oxygens (including phenoxy) is 1. The van der Waals surface area contributed by atoms with Crippen molar-refractivity contribution in [1.29, 1.82) is 0 Å². The van der Waals surface area contributed by atoms with Crippen LogP contribution >= 0.6 is 0 Å². The summed E-state index contributed by atoms with van der Waals surface area (Å²) in [7, 11) is 0. The van der Waals surface area contributed by atoms with Crippen molar-refractivity contribution >= 4 is 17.8 Å². The molecular weight excluding hydrogens is 280 g/mol. The number of hydrogen-bond acceptors (Lipinski definition) is 7. The number of anilines is 3. The lowest BCUT2D eigenvalue weighted by atomic mass is 10.4. The van der Waals surface area contributed by atoms with E-state index >= 15 is 0 Å². The quantitative estimate of drug-likeness (QED) is 0.822. The van der Waals surface area contributed by atoms with Gasteiger partial charge < -0.3 is 19.4 Å². The van der Waals surface area contributed by atoms with Crippen LogP contribution in [0.5, 0.6) is 0 Å². The zero-order valence-corrected chi connectivity index (χ0v) is 13.1. The highest BCUT2D eigenvalue weighted by Crippen LogP contribution is 2.24. The fourth-order valence-electron chi connectivity index (χ4n) is 3.37. The van der Waals surface area contributed by atoms with Crippen LogP contribution in [0.4, 0.5) is 17.8 Å². The zero-order chi connectivity index (χ0) is 14.8. The third-order valence-electron chi connectivity index (χ3n) is 4.67. The second-order valence-electron chi connectivity index (χ2n) is 6.22. The number of aromatic nitrogens is 3. The third-order valence-corrected chi connectivity index (χ3v) is 4.67. The molecule has 0 saturated carbocycles. The van der Waals surface area contributed by atoms with Crippen molar-refractivity contribution in [2.24, 2.45) is 0 Å². The fourth-order valence-corrected chi connectivity index (χ4v) is 3.37. The van der Waals surface area contributed by atoms with Gasteiger partial charge in [0.2, 0.25) is 17.8 Å². The van der Waals surface area contributed by atoms with Crippen LogP contribution in [-0.2, 0) is 4.74 Å². The molecule has 3 fully saturated rings. The van der Waals surface area contributed by atoms with Gasteiger partial charge in [-0.25, -0.2) is 0 Å². The molecule has 0 radical (unpaired) electrons. The van der Waals surface area contributed by atoms with E-state index in [2.05, 4.69) is 14.7 Å². The molecular formula is C15H24N6O. The Morgan fingerprint density at radius 2 is 0.909 bits per heavy atom. The van der Waals surface area contributed by atoms with Gasteiger partial charge >= 0.3 is 0 Å². The van der Waals surface area contributed by atoms with Gasteiger partial charge in [0.1, 0.15) is 0 Å². The minimum atomic E-state index is 0.754. The van der Waals surface area contributed by atoms with E-state index in [1.807, 2.05) is 0 Å². The first-order chi connectivity index (χ1) is 10.9. The minimum absolute atomic E-state index is 0.754. The van der Waals surface area contributed by atoms with Gasteiger partial charge in [0, 0.05) is 39.3 Å². The van der Waals surface area contributed by atoms with Gasteiger partial charge in [0.05, 0.1) is 13.2 Å². The van der Waals surface area contributed by atoms with Crippen LogP contribution in [0.15, 0.2) is 0 Å². The molecule has 4 heterocycles.